The van der Waals surface area contributed by atoms with Crippen LogP contribution in [0.3, 0.4) is 0 Å². The number of thioether (sulfide) groups is 1. The number of hydrogen-bond donors (Lipinski definition) is 0. The van der Waals surface area contributed by atoms with Crippen molar-refractivity contribution in [3.05, 3.63) is 81.8 Å². The zero-order valence-corrected chi connectivity index (χ0v) is 23.2. The molecule has 2 aliphatic rings. The Morgan fingerprint density at radius 2 is 1.54 bits per heavy atom. The molecule has 192 valence electrons. The van der Waals surface area contributed by atoms with Gasteiger partial charge in [-0.2, -0.15) is 11.8 Å². The summed E-state index contributed by atoms with van der Waals surface area (Å²) in [6, 6.07) is 20.1. The molecule has 0 bridgehead atoms. The molecule has 3 aromatic carbocycles. The number of benzene rings is 3. The second-order valence-corrected chi connectivity index (χ2v) is 11.8. The molecule has 2 heterocycles. The van der Waals surface area contributed by atoms with Crippen LogP contribution in [-0.2, 0) is 6.42 Å². The van der Waals surface area contributed by atoms with Crippen molar-refractivity contribution in [2.45, 2.75) is 12.5 Å². The van der Waals surface area contributed by atoms with E-state index in [-0.39, 0.29) is 11.9 Å². The lowest BCUT2D eigenvalue weighted by atomic mass is 9.98. The summed E-state index contributed by atoms with van der Waals surface area (Å²) in [5.74, 6) is 9.14. The molecule has 2 fully saturated rings. The third kappa shape index (κ3) is 7.02. The minimum atomic E-state index is -0.0242. The Hall–Kier alpha value is -2.20. The summed E-state index contributed by atoms with van der Waals surface area (Å²) >= 11 is 14.5. The molecule has 1 amide bonds. The van der Waals surface area contributed by atoms with E-state index in [1.165, 1.54) is 27.8 Å². The van der Waals surface area contributed by atoms with Crippen molar-refractivity contribution in [2.75, 3.05) is 57.3 Å². The summed E-state index contributed by atoms with van der Waals surface area (Å²) in [7, 11) is 0. The van der Waals surface area contributed by atoms with Gasteiger partial charge < -0.3 is 4.90 Å². The van der Waals surface area contributed by atoms with Crippen LogP contribution in [0.15, 0.2) is 60.7 Å². The van der Waals surface area contributed by atoms with Gasteiger partial charge in [0.1, 0.15) is 0 Å². The fraction of sp³-hybridized carbons (Fsp3) is 0.367. The molecule has 0 spiro atoms. The molecule has 0 radical (unpaired) electrons. The number of carbonyl (C=O) groups excluding carboxylic acids is 1. The third-order valence-corrected chi connectivity index (χ3v) is 8.44. The normalized spacial score (nSPS) is 19.0. The van der Waals surface area contributed by atoms with Gasteiger partial charge in [0.15, 0.2) is 0 Å². The van der Waals surface area contributed by atoms with Crippen LogP contribution in [0.4, 0.5) is 0 Å². The number of amides is 1. The molecule has 7 heteroatoms. The van der Waals surface area contributed by atoms with E-state index in [0.29, 0.717) is 22.2 Å². The van der Waals surface area contributed by atoms with Crippen LogP contribution in [0.5, 0.6) is 0 Å². The Kier molecular flexibility index (Phi) is 8.97. The van der Waals surface area contributed by atoms with Crippen molar-refractivity contribution >= 4 is 51.6 Å². The lowest BCUT2D eigenvalue weighted by molar-refractivity contribution is 0.0480. The fourth-order valence-corrected chi connectivity index (χ4v) is 6.59. The number of carbonyl (C=O) groups is 1. The highest BCUT2D eigenvalue weighted by Gasteiger charge is 2.31. The average molecular weight is 553 g/mol. The van der Waals surface area contributed by atoms with E-state index in [1.54, 1.807) is 18.2 Å². The summed E-state index contributed by atoms with van der Waals surface area (Å²) in [6.07, 6.45) is 0.778. The van der Waals surface area contributed by atoms with Crippen LogP contribution >= 0.6 is 35.0 Å². The topological polar surface area (TPSA) is 26.8 Å². The number of hydrogen-bond acceptors (Lipinski definition) is 4. The van der Waals surface area contributed by atoms with Gasteiger partial charge in [-0.3, -0.25) is 14.6 Å². The van der Waals surface area contributed by atoms with E-state index in [2.05, 4.69) is 64.1 Å². The number of halogens is 2. The first-order valence-electron chi connectivity index (χ1n) is 12.8. The highest BCUT2D eigenvalue weighted by Crippen LogP contribution is 2.24. The number of fused-ring (bicyclic) bond motifs is 1. The molecule has 5 rings (SSSR count). The van der Waals surface area contributed by atoms with Crippen LogP contribution in [0.2, 0.25) is 10.0 Å². The smallest absolute Gasteiger partial charge is 0.254 e. The predicted molar refractivity (Wildman–Crippen MR) is 157 cm³/mol. The Bertz CT molecular complexity index is 1290. The molecule has 0 unspecified atom stereocenters. The molecule has 37 heavy (non-hydrogen) atoms. The van der Waals surface area contributed by atoms with E-state index < -0.39 is 0 Å². The van der Waals surface area contributed by atoms with Gasteiger partial charge in [-0.25, -0.2) is 0 Å². The molecule has 3 aromatic rings. The fourth-order valence-electron chi connectivity index (χ4n) is 5.08. The standard InChI is InChI=1S/C30H31Cl2N3OS/c31-27-19-26(20-28(32)21-27)30(36)35-12-11-34(10-4-3-9-33-13-15-37-16-14-33)22-29(35)18-23-7-8-24-5-1-2-6-25(24)17-23/h1-2,5-8,17,19-21,29H,9-16,18,22H2/t29-/m1/s1. The number of nitrogens with zero attached hydrogens (tertiary/aromatic N) is 3. The maximum atomic E-state index is 13.6. The van der Waals surface area contributed by atoms with E-state index in [0.717, 1.165) is 45.7 Å². The van der Waals surface area contributed by atoms with Crippen LogP contribution in [0.1, 0.15) is 15.9 Å². The van der Waals surface area contributed by atoms with E-state index in [9.17, 15) is 4.79 Å². The zero-order chi connectivity index (χ0) is 25.6. The average Bonchev–Trinajstić information content (AvgIpc) is 2.91. The van der Waals surface area contributed by atoms with E-state index >= 15 is 0 Å². The van der Waals surface area contributed by atoms with E-state index in [1.807, 2.05) is 16.7 Å². The lowest BCUT2D eigenvalue weighted by Gasteiger charge is -2.41. The van der Waals surface area contributed by atoms with E-state index in [4.69, 9.17) is 23.2 Å². The van der Waals surface area contributed by atoms with Gasteiger partial charge >= 0.3 is 0 Å². The Labute approximate surface area is 233 Å². The highest BCUT2D eigenvalue weighted by molar-refractivity contribution is 7.99. The van der Waals surface area contributed by atoms with Gasteiger partial charge in [0.05, 0.1) is 13.1 Å². The van der Waals surface area contributed by atoms with Gasteiger partial charge in [0.2, 0.25) is 0 Å². The first kappa shape index (κ1) is 26.4. The summed E-state index contributed by atoms with van der Waals surface area (Å²) in [5, 5.41) is 3.39. The van der Waals surface area contributed by atoms with Crippen molar-refractivity contribution < 1.29 is 4.79 Å². The van der Waals surface area contributed by atoms with Gasteiger partial charge in [-0.1, -0.05) is 77.5 Å². The largest absolute Gasteiger partial charge is 0.333 e. The van der Waals surface area contributed by atoms with Gasteiger partial charge in [0, 0.05) is 65.9 Å². The van der Waals surface area contributed by atoms with Crippen LogP contribution in [-0.4, -0.2) is 84.0 Å². The maximum absolute atomic E-state index is 13.6. The van der Waals surface area contributed by atoms with Gasteiger partial charge in [-0.15, -0.1) is 0 Å². The number of rotatable bonds is 5. The number of piperazine rings is 1. The van der Waals surface area contributed by atoms with Crippen LogP contribution in [0, 0.1) is 11.8 Å². The summed E-state index contributed by atoms with van der Waals surface area (Å²) < 4.78 is 0. The molecule has 0 saturated carbocycles. The second kappa shape index (κ2) is 12.6. The first-order chi connectivity index (χ1) is 18.0. The molecule has 1 atom stereocenters. The molecule has 4 nitrogen and oxygen atoms in total. The minimum absolute atomic E-state index is 0.0242. The van der Waals surface area contributed by atoms with Crippen molar-refractivity contribution in [3.8, 4) is 11.8 Å². The molecule has 0 aliphatic carbocycles. The zero-order valence-electron chi connectivity index (χ0n) is 20.8. The maximum Gasteiger partial charge on any atom is 0.254 e. The predicted octanol–water partition coefficient (Wildman–Crippen LogP) is 5.57. The first-order valence-corrected chi connectivity index (χ1v) is 14.7. The summed E-state index contributed by atoms with van der Waals surface area (Å²) in [6.45, 7) is 6.04. The molecular formula is C30H31Cl2N3OS. The SMILES string of the molecule is O=C(c1cc(Cl)cc(Cl)c1)N1CCN(CC#CCN2CCSCC2)C[C@H]1Cc1ccc2ccccc2c1. The molecule has 2 saturated heterocycles. The quantitative estimate of drug-likeness (QED) is 0.387. The monoisotopic (exact) mass is 551 g/mol. The minimum Gasteiger partial charge on any atom is -0.333 e. The van der Waals surface area contributed by atoms with Gasteiger partial charge in [0.25, 0.3) is 5.91 Å². The second-order valence-electron chi connectivity index (χ2n) is 9.67. The van der Waals surface area contributed by atoms with Crippen LogP contribution in [0.25, 0.3) is 10.8 Å². The molecule has 0 aromatic heterocycles. The Morgan fingerprint density at radius 3 is 2.30 bits per heavy atom. The van der Waals surface area contributed by atoms with Gasteiger partial charge in [-0.05, 0) is 41.0 Å². The van der Waals surface area contributed by atoms with Crippen molar-refractivity contribution in [2.24, 2.45) is 0 Å². The van der Waals surface area contributed by atoms with Crippen molar-refractivity contribution in [1.82, 2.24) is 14.7 Å². The summed E-state index contributed by atoms with van der Waals surface area (Å²) in [5.41, 5.74) is 1.76. The lowest BCUT2D eigenvalue weighted by Crippen LogP contribution is -2.56. The molecule has 0 N–H and O–H groups in total. The Morgan fingerprint density at radius 1 is 0.838 bits per heavy atom. The Balaban J connectivity index is 1.32. The summed E-state index contributed by atoms with van der Waals surface area (Å²) in [4.78, 5) is 20.4. The van der Waals surface area contributed by atoms with Crippen LogP contribution < -0.4 is 0 Å². The molecular weight excluding hydrogens is 521 g/mol. The van der Waals surface area contributed by atoms with Crippen molar-refractivity contribution in [1.29, 1.82) is 0 Å². The molecule has 2 aliphatic heterocycles. The highest BCUT2D eigenvalue weighted by atomic mass is 35.5. The third-order valence-electron chi connectivity index (χ3n) is 7.06. The van der Waals surface area contributed by atoms with Crippen molar-refractivity contribution in [3.63, 3.8) is 0 Å².